The minimum absolute atomic E-state index is 0.456. The number of amides is 2. The average Bonchev–Trinajstić information content (AvgIpc) is 2.93. The van der Waals surface area contributed by atoms with Gasteiger partial charge in [0.25, 0.3) is 0 Å². The molecule has 0 spiro atoms. The fraction of sp³-hybridized carbons (Fsp3) is 0.143. The van der Waals surface area contributed by atoms with E-state index in [2.05, 4.69) is 10.6 Å². The summed E-state index contributed by atoms with van der Waals surface area (Å²) in [5.41, 5.74) is 1.77. The van der Waals surface area contributed by atoms with Gasteiger partial charge in [0.15, 0.2) is 0 Å². The Kier molecular flexibility index (Phi) is 4.69. The van der Waals surface area contributed by atoms with Gasteiger partial charge in [0, 0.05) is 12.2 Å². The van der Waals surface area contributed by atoms with Crippen LogP contribution in [0.2, 0.25) is 0 Å². The van der Waals surface area contributed by atoms with Crippen molar-refractivity contribution in [2.75, 3.05) is 11.9 Å². The first kappa shape index (κ1) is 13.3. The number of carbonyl (C=O) groups excluding carboxylic acids is 2. The van der Waals surface area contributed by atoms with Crippen molar-refractivity contribution in [2.24, 2.45) is 0 Å². The van der Waals surface area contributed by atoms with Gasteiger partial charge in [-0.2, -0.15) is 11.3 Å². The third-order valence-electron chi connectivity index (χ3n) is 2.52. The van der Waals surface area contributed by atoms with Gasteiger partial charge in [-0.15, -0.1) is 0 Å². The highest BCUT2D eigenvalue weighted by Gasteiger charge is 2.12. The molecule has 0 aliphatic carbocycles. The second-order valence-corrected chi connectivity index (χ2v) is 4.74. The SMILES string of the molecule is O=C(NCCc1ccsc1)C(=O)Nc1ccccc1. The van der Waals surface area contributed by atoms with Crippen LogP contribution in [0.25, 0.3) is 0 Å². The van der Waals surface area contributed by atoms with Crippen LogP contribution in [0.15, 0.2) is 47.2 Å². The molecule has 0 atom stereocenters. The van der Waals surface area contributed by atoms with E-state index in [1.165, 1.54) is 0 Å². The number of hydrogen-bond acceptors (Lipinski definition) is 3. The van der Waals surface area contributed by atoms with Crippen LogP contribution in [0.4, 0.5) is 5.69 Å². The normalized spacial score (nSPS) is 9.89. The second-order valence-electron chi connectivity index (χ2n) is 3.96. The quantitative estimate of drug-likeness (QED) is 0.838. The molecule has 0 aliphatic heterocycles. The van der Waals surface area contributed by atoms with Crippen LogP contribution in [0.3, 0.4) is 0 Å². The Hall–Kier alpha value is -2.14. The molecule has 19 heavy (non-hydrogen) atoms. The molecule has 4 nitrogen and oxygen atoms in total. The fourth-order valence-electron chi connectivity index (χ4n) is 1.54. The van der Waals surface area contributed by atoms with Crippen molar-refractivity contribution >= 4 is 28.8 Å². The first-order valence-corrected chi connectivity index (χ1v) is 6.85. The summed E-state index contributed by atoms with van der Waals surface area (Å²) in [7, 11) is 0. The van der Waals surface area contributed by atoms with Gasteiger partial charge in [-0.1, -0.05) is 18.2 Å². The van der Waals surface area contributed by atoms with Crippen LogP contribution >= 0.6 is 11.3 Å². The lowest BCUT2D eigenvalue weighted by Crippen LogP contribution is -2.36. The van der Waals surface area contributed by atoms with Gasteiger partial charge >= 0.3 is 11.8 Å². The smallest absolute Gasteiger partial charge is 0.313 e. The lowest BCUT2D eigenvalue weighted by molar-refractivity contribution is -0.136. The number of nitrogens with one attached hydrogen (secondary N) is 2. The highest BCUT2D eigenvalue weighted by molar-refractivity contribution is 7.07. The molecule has 0 radical (unpaired) electrons. The Bertz CT molecular complexity index is 538. The average molecular weight is 274 g/mol. The van der Waals surface area contributed by atoms with Gasteiger partial charge < -0.3 is 10.6 Å². The Morgan fingerprint density at radius 2 is 1.84 bits per heavy atom. The largest absolute Gasteiger partial charge is 0.347 e. The fourth-order valence-corrected chi connectivity index (χ4v) is 2.25. The lowest BCUT2D eigenvalue weighted by atomic mass is 10.2. The molecule has 5 heteroatoms. The van der Waals surface area contributed by atoms with Crippen molar-refractivity contribution < 1.29 is 9.59 Å². The molecule has 1 aromatic heterocycles. The van der Waals surface area contributed by atoms with E-state index in [4.69, 9.17) is 0 Å². The Morgan fingerprint density at radius 1 is 1.05 bits per heavy atom. The van der Waals surface area contributed by atoms with E-state index in [1.807, 2.05) is 22.9 Å². The maximum absolute atomic E-state index is 11.6. The maximum atomic E-state index is 11.6. The van der Waals surface area contributed by atoms with Crippen molar-refractivity contribution in [3.8, 4) is 0 Å². The van der Waals surface area contributed by atoms with E-state index < -0.39 is 11.8 Å². The molecule has 2 N–H and O–H groups in total. The molecule has 2 rings (SSSR count). The molecule has 98 valence electrons. The summed E-state index contributed by atoms with van der Waals surface area (Å²) >= 11 is 1.61. The first-order chi connectivity index (χ1) is 9.25. The molecule has 0 unspecified atom stereocenters. The van der Waals surface area contributed by atoms with Crippen LogP contribution in [-0.4, -0.2) is 18.4 Å². The monoisotopic (exact) mass is 274 g/mol. The number of rotatable bonds is 4. The van der Waals surface area contributed by atoms with Gasteiger partial charge in [0.1, 0.15) is 0 Å². The topological polar surface area (TPSA) is 58.2 Å². The van der Waals surface area contributed by atoms with Gasteiger partial charge in [0.2, 0.25) is 0 Å². The molecule has 0 aliphatic rings. The molecular formula is C14H14N2O2S. The van der Waals surface area contributed by atoms with Gasteiger partial charge in [-0.3, -0.25) is 9.59 Å². The summed E-state index contributed by atoms with van der Waals surface area (Å²) < 4.78 is 0. The summed E-state index contributed by atoms with van der Waals surface area (Å²) in [6, 6.07) is 10.9. The van der Waals surface area contributed by atoms with Gasteiger partial charge in [-0.05, 0) is 40.9 Å². The Balaban J connectivity index is 1.75. The second kappa shape index (κ2) is 6.70. The van der Waals surface area contributed by atoms with Crippen molar-refractivity contribution in [3.05, 3.63) is 52.7 Å². The first-order valence-electron chi connectivity index (χ1n) is 5.91. The number of para-hydroxylation sites is 1. The summed E-state index contributed by atoms with van der Waals surface area (Å²) in [5, 5.41) is 9.14. The summed E-state index contributed by atoms with van der Waals surface area (Å²) in [6.45, 7) is 0.456. The minimum Gasteiger partial charge on any atom is -0.347 e. The standard InChI is InChI=1S/C14H14N2O2S/c17-13(15-8-6-11-7-9-19-10-11)14(18)16-12-4-2-1-3-5-12/h1-5,7,9-10H,6,8H2,(H,15,17)(H,16,18). The maximum Gasteiger partial charge on any atom is 0.313 e. The molecule has 2 aromatic rings. The molecule has 2 amide bonds. The summed E-state index contributed by atoms with van der Waals surface area (Å²) in [6.07, 6.45) is 0.730. The Morgan fingerprint density at radius 3 is 2.53 bits per heavy atom. The molecular weight excluding hydrogens is 260 g/mol. The predicted octanol–water partition coefficient (Wildman–Crippen LogP) is 2.05. The van der Waals surface area contributed by atoms with E-state index in [1.54, 1.807) is 35.6 Å². The predicted molar refractivity (Wildman–Crippen MR) is 76.1 cm³/mol. The van der Waals surface area contributed by atoms with E-state index in [0.29, 0.717) is 12.2 Å². The van der Waals surface area contributed by atoms with Crippen molar-refractivity contribution in [2.45, 2.75) is 6.42 Å². The Labute approximate surface area is 115 Å². The van der Waals surface area contributed by atoms with Crippen molar-refractivity contribution in [1.82, 2.24) is 5.32 Å². The van der Waals surface area contributed by atoms with E-state index in [9.17, 15) is 9.59 Å². The van der Waals surface area contributed by atoms with E-state index in [0.717, 1.165) is 12.0 Å². The van der Waals surface area contributed by atoms with Crippen LogP contribution in [0.1, 0.15) is 5.56 Å². The molecule has 1 heterocycles. The lowest BCUT2D eigenvalue weighted by Gasteiger charge is -2.05. The molecule has 0 saturated carbocycles. The van der Waals surface area contributed by atoms with Crippen molar-refractivity contribution in [1.29, 1.82) is 0 Å². The molecule has 0 bridgehead atoms. The van der Waals surface area contributed by atoms with E-state index in [-0.39, 0.29) is 0 Å². The molecule has 1 aromatic carbocycles. The third kappa shape index (κ3) is 4.22. The highest BCUT2D eigenvalue weighted by Crippen LogP contribution is 2.06. The van der Waals surface area contributed by atoms with Crippen molar-refractivity contribution in [3.63, 3.8) is 0 Å². The zero-order valence-corrected chi connectivity index (χ0v) is 11.1. The zero-order chi connectivity index (χ0) is 13.5. The zero-order valence-electron chi connectivity index (χ0n) is 10.3. The summed E-state index contributed by atoms with van der Waals surface area (Å²) in [4.78, 5) is 23.1. The number of hydrogen-bond donors (Lipinski definition) is 2. The number of anilines is 1. The third-order valence-corrected chi connectivity index (χ3v) is 3.25. The van der Waals surface area contributed by atoms with Gasteiger partial charge in [-0.25, -0.2) is 0 Å². The van der Waals surface area contributed by atoms with Crippen LogP contribution in [0, 0.1) is 0 Å². The number of carbonyl (C=O) groups is 2. The highest BCUT2D eigenvalue weighted by atomic mass is 32.1. The minimum atomic E-state index is -0.642. The number of thiophene rings is 1. The van der Waals surface area contributed by atoms with Crippen LogP contribution in [-0.2, 0) is 16.0 Å². The number of benzene rings is 1. The van der Waals surface area contributed by atoms with Crippen LogP contribution in [0.5, 0.6) is 0 Å². The van der Waals surface area contributed by atoms with Gasteiger partial charge in [0.05, 0.1) is 0 Å². The summed E-state index contributed by atoms with van der Waals surface area (Å²) in [5.74, 6) is -1.25. The van der Waals surface area contributed by atoms with E-state index >= 15 is 0 Å². The molecule has 0 saturated heterocycles. The van der Waals surface area contributed by atoms with Crippen LogP contribution < -0.4 is 10.6 Å². The molecule has 0 fully saturated rings.